The maximum atomic E-state index is 11.5. The number of hydrogen-bond acceptors (Lipinski definition) is 3. The monoisotopic (exact) mass is 279 g/mol. The summed E-state index contributed by atoms with van der Waals surface area (Å²) in [5.41, 5.74) is 10.0. The van der Waals surface area contributed by atoms with Crippen LogP contribution in [0, 0.1) is 0 Å². The first-order valence-corrected chi connectivity index (χ1v) is 7.02. The van der Waals surface area contributed by atoms with Crippen molar-refractivity contribution in [1.29, 1.82) is 0 Å². The fourth-order valence-corrected chi connectivity index (χ4v) is 2.49. The molecular weight excluding hydrogens is 262 g/mol. The Bertz CT molecular complexity index is 787. The molecule has 21 heavy (non-hydrogen) atoms. The zero-order valence-corrected chi connectivity index (χ0v) is 11.9. The van der Waals surface area contributed by atoms with Gasteiger partial charge < -0.3 is 5.73 Å². The number of carbonyl (C=O) groups excluding carboxylic acids is 1. The second-order valence-corrected chi connectivity index (χ2v) is 5.10. The van der Waals surface area contributed by atoms with E-state index < -0.39 is 0 Å². The third-order valence-corrected chi connectivity index (χ3v) is 3.68. The fraction of sp³-hybridized carbons (Fsp3) is 0.176. The molecule has 4 nitrogen and oxygen atoms in total. The number of benzene rings is 2. The minimum atomic E-state index is 0.254. The van der Waals surface area contributed by atoms with Crippen molar-refractivity contribution in [1.82, 2.24) is 10.2 Å². The number of nitrogen functional groups attached to an aromatic ring is 1. The van der Waals surface area contributed by atoms with Crippen molar-refractivity contribution in [3.63, 3.8) is 0 Å². The Labute approximate surface area is 123 Å². The highest BCUT2D eigenvalue weighted by Gasteiger charge is 2.09. The van der Waals surface area contributed by atoms with E-state index >= 15 is 0 Å². The Morgan fingerprint density at radius 3 is 2.67 bits per heavy atom. The summed E-state index contributed by atoms with van der Waals surface area (Å²) in [4.78, 5) is 11.5. The van der Waals surface area contributed by atoms with Gasteiger partial charge in [0.15, 0.2) is 5.82 Å². The van der Waals surface area contributed by atoms with Gasteiger partial charge in [0.05, 0.1) is 10.9 Å². The Morgan fingerprint density at radius 1 is 1.19 bits per heavy atom. The Hall–Kier alpha value is -2.62. The molecule has 3 rings (SSSR count). The van der Waals surface area contributed by atoms with Gasteiger partial charge in [-0.2, -0.15) is 5.10 Å². The lowest BCUT2D eigenvalue weighted by Crippen LogP contribution is -1.99. The average Bonchev–Trinajstić information content (AvgIpc) is 2.90. The van der Waals surface area contributed by atoms with Gasteiger partial charge in [0, 0.05) is 12.8 Å². The molecule has 0 bridgehead atoms. The molecule has 0 aliphatic heterocycles. The number of aromatic amines is 1. The zero-order valence-electron chi connectivity index (χ0n) is 11.9. The van der Waals surface area contributed by atoms with Crippen LogP contribution in [0.4, 0.5) is 5.82 Å². The molecule has 0 fully saturated rings. The van der Waals surface area contributed by atoms with E-state index in [1.807, 2.05) is 49.4 Å². The lowest BCUT2D eigenvalue weighted by molar-refractivity contribution is -0.118. The smallest absolute Gasteiger partial charge is 0.153 e. The van der Waals surface area contributed by atoms with Gasteiger partial charge in [0.1, 0.15) is 5.78 Å². The van der Waals surface area contributed by atoms with Crippen molar-refractivity contribution < 1.29 is 4.79 Å². The molecule has 4 heteroatoms. The number of fused-ring (bicyclic) bond motifs is 1. The molecule has 0 aliphatic carbocycles. The van der Waals surface area contributed by atoms with Crippen molar-refractivity contribution in [3.05, 3.63) is 48.0 Å². The van der Waals surface area contributed by atoms with E-state index in [2.05, 4.69) is 10.2 Å². The van der Waals surface area contributed by atoms with Crippen LogP contribution in [0.3, 0.4) is 0 Å². The summed E-state index contributed by atoms with van der Waals surface area (Å²) in [6.07, 6.45) is 1.07. The molecule has 0 atom stereocenters. The summed E-state index contributed by atoms with van der Waals surface area (Å²) in [7, 11) is 0. The predicted molar refractivity (Wildman–Crippen MR) is 84.9 cm³/mol. The first-order chi connectivity index (χ1) is 10.2. The molecule has 0 aliphatic rings. The van der Waals surface area contributed by atoms with Crippen LogP contribution < -0.4 is 5.73 Å². The standard InChI is InChI=1S/C17H17N3O/c1-2-13(21)10-11-6-8-12(9-7-11)14-4-3-5-15-16(14)17(18)20-19-15/h3-9H,2,10H2,1H3,(H3,18,19,20). The van der Waals surface area contributed by atoms with Gasteiger partial charge in [0.25, 0.3) is 0 Å². The Kier molecular flexibility index (Phi) is 3.44. The highest BCUT2D eigenvalue weighted by molar-refractivity contribution is 6.01. The minimum absolute atomic E-state index is 0.254. The molecular formula is C17H17N3O. The van der Waals surface area contributed by atoms with Gasteiger partial charge in [-0.3, -0.25) is 9.89 Å². The number of rotatable bonds is 4. The van der Waals surface area contributed by atoms with E-state index in [-0.39, 0.29) is 5.78 Å². The summed E-state index contributed by atoms with van der Waals surface area (Å²) >= 11 is 0. The topological polar surface area (TPSA) is 71.8 Å². The lowest BCUT2D eigenvalue weighted by Gasteiger charge is -2.06. The number of hydrogen-bond donors (Lipinski definition) is 2. The third-order valence-electron chi connectivity index (χ3n) is 3.68. The largest absolute Gasteiger partial charge is 0.382 e. The first kappa shape index (κ1) is 13.4. The van der Waals surface area contributed by atoms with Gasteiger partial charge >= 0.3 is 0 Å². The van der Waals surface area contributed by atoms with Crippen molar-refractivity contribution in [2.24, 2.45) is 0 Å². The van der Waals surface area contributed by atoms with Crippen molar-refractivity contribution in [2.75, 3.05) is 5.73 Å². The first-order valence-electron chi connectivity index (χ1n) is 7.02. The van der Waals surface area contributed by atoms with Crippen LogP contribution in [0.1, 0.15) is 18.9 Å². The molecule has 0 amide bonds. The maximum absolute atomic E-state index is 11.5. The number of H-pyrrole nitrogens is 1. The summed E-state index contributed by atoms with van der Waals surface area (Å²) in [6, 6.07) is 14.0. The van der Waals surface area contributed by atoms with Crippen LogP contribution in [-0.4, -0.2) is 16.0 Å². The molecule has 0 saturated carbocycles. The van der Waals surface area contributed by atoms with E-state index in [0.29, 0.717) is 18.7 Å². The van der Waals surface area contributed by atoms with E-state index in [1.54, 1.807) is 0 Å². The quantitative estimate of drug-likeness (QED) is 0.769. The van der Waals surface area contributed by atoms with Gasteiger partial charge in [-0.05, 0) is 22.8 Å². The highest BCUT2D eigenvalue weighted by Crippen LogP contribution is 2.31. The Balaban J connectivity index is 1.99. The van der Waals surface area contributed by atoms with Crippen molar-refractivity contribution >= 4 is 22.5 Å². The molecule has 1 aromatic heterocycles. The van der Waals surface area contributed by atoms with Crippen molar-refractivity contribution in [3.8, 4) is 11.1 Å². The molecule has 3 N–H and O–H groups in total. The van der Waals surface area contributed by atoms with Crippen LogP contribution in [0.15, 0.2) is 42.5 Å². The lowest BCUT2D eigenvalue weighted by atomic mass is 9.99. The zero-order chi connectivity index (χ0) is 14.8. The molecule has 0 unspecified atom stereocenters. The average molecular weight is 279 g/mol. The van der Waals surface area contributed by atoms with Crippen LogP contribution in [0.5, 0.6) is 0 Å². The molecule has 0 spiro atoms. The number of nitrogens with two attached hydrogens (primary N) is 1. The van der Waals surface area contributed by atoms with E-state index in [4.69, 9.17) is 5.73 Å². The molecule has 0 radical (unpaired) electrons. The SMILES string of the molecule is CCC(=O)Cc1ccc(-c2cccc3[nH]nc(N)c23)cc1. The van der Waals surface area contributed by atoms with Crippen LogP contribution >= 0.6 is 0 Å². The van der Waals surface area contributed by atoms with E-state index in [9.17, 15) is 4.79 Å². The number of nitrogens with one attached hydrogen (secondary N) is 1. The summed E-state index contributed by atoms with van der Waals surface area (Å²) < 4.78 is 0. The summed E-state index contributed by atoms with van der Waals surface area (Å²) in [5, 5.41) is 7.92. The minimum Gasteiger partial charge on any atom is -0.382 e. The predicted octanol–water partition coefficient (Wildman–Crippen LogP) is 3.33. The van der Waals surface area contributed by atoms with Gasteiger partial charge in [-0.25, -0.2) is 0 Å². The fourth-order valence-electron chi connectivity index (χ4n) is 2.49. The van der Waals surface area contributed by atoms with E-state index in [0.717, 1.165) is 27.6 Å². The van der Waals surface area contributed by atoms with Gasteiger partial charge in [-0.1, -0.05) is 43.3 Å². The third kappa shape index (κ3) is 2.52. The second kappa shape index (κ2) is 5.40. The highest BCUT2D eigenvalue weighted by atomic mass is 16.1. The molecule has 0 saturated heterocycles. The molecule has 1 heterocycles. The summed E-state index contributed by atoms with van der Waals surface area (Å²) in [5.74, 6) is 0.759. The van der Waals surface area contributed by atoms with Crippen LogP contribution in [-0.2, 0) is 11.2 Å². The molecule has 2 aromatic carbocycles. The molecule has 106 valence electrons. The second-order valence-electron chi connectivity index (χ2n) is 5.10. The summed E-state index contributed by atoms with van der Waals surface area (Å²) in [6.45, 7) is 1.89. The number of anilines is 1. The maximum Gasteiger partial charge on any atom is 0.153 e. The van der Waals surface area contributed by atoms with E-state index in [1.165, 1.54) is 0 Å². The number of carbonyl (C=O) groups is 1. The van der Waals surface area contributed by atoms with Crippen molar-refractivity contribution in [2.45, 2.75) is 19.8 Å². The van der Waals surface area contributed by atoms with Crippen LogP contribution in [0.25, 0.3) is 22.0 Å². The number of nitrogens with zero attached hydrogens (tertiary/aromatic N) is 1. The molecule has 3 aromatic rings. The number of ketones is 1. The van der Waals surface area contributed by atoms with Gasteiger partial charge in [0.2, 0.25) is 0 Å². The van der Waals surface area contributed by atoms with Crippen LogP contribution in [0.2, 0.25) is 0 Å². The normalized spacial score (nSPS) is 10.9. The number of Topliss-reactive ketones (excluding diaryl/α,β-unsaturated/α-hetero) is 1. The Morgan fingerprint density at radius 2 is 1.95 bits per heavy atom. The number of aromatic nitrogens is 2. The van der Waals surface area contributed by atoms with Gasteiger partial charge in [-0.15, -0.1) is 0 Å².